The van der Waals surface area contributed by atoms with Gasteiger partial charge in [-0.15, -0.1) is 10.2 Å². The molecule has 3 nitrogen and oxygen atoms in total. The van der Waals surface area contributed by atoms with E-state index in [9.17, 15) is 0 Å². The maximum absolute atomic E-state index is 4.14. The number of hydrogen-bond donors (Lipinski definition) is 1. The maximum Gasteiger partial charge on any atom is 0.179 e. The van der Waals surface area contributed by atoms with E-state index in [1.165, 1.54) is 10.5 Å². The van der Waals surface area contributed by atoms with Gasteiger partial charge in [0.2, 0.25) is 0 Å². The highest BCUT2D eigenvalue weighted by atomic mass is 32.2. The highest BCUT2D eigenvalue weighted by molar-refractivity contribution is 8.03. The maximum atomic E-state index is 4.14. The Labute approximate surface area is 113 Å². The lowest BCUT2D eigenvalue weighted by atomic mass is 10.2. The molecule has 0 fully saturated rings. The normalized spacial score (nSPS) is 10.7. The average Bonchev–Trinajstić information content (AvgIpc) is 2.80. The summed E-state index contributed by atoms with van der Waals surface area (Å²) in [6.45, 7) is 0.903. The SMILES string of the molecule is CNCc1ccc(Sc2nnc(SC)s2)cc1. The number of thioether (sulfide) groups is 1. The Hall–Kier alpha value is -0.560. The van der Waals surface area contributed by atoms with Crippen molar-refractivity contribution in [2.45, 2.75) is 20.1 Å². The van der Waals surface area contributed by atoms with Gasteiger partial charge in [0.1, 0.15) is 0 Å². The summed E-state index contributed by atoms with van der Waals surface area (Å²) in [7, 11) is 1.95. The Morgan fingerprint density at radius 1 is 1.18 bits per heavy atom. The van der Waals surface area contributed by atoms with Gasteiger partial charge in [-0.25, -0.2) is 0 Å². The summed E-state index contributed by atoms with van der Waals surface area (Å²) in [5.74, 6) is 0. The summed E-state index contributed by atoms with van der Waals surface area (Å²) >= 11 is 4.93. The van der Waals surface area contributed by atoms with Gasteiger partial charge < -0.3 is 5.32 Å². The van der Waals surface area contributed by atoms with Gasteiger partial charge in [0.15, 0.2) is 8.68 Å². The van der Waals surface area contributed by atoms with Gasteiger partial charge in [-0.2, -0.15) is 0 Å². The monoisotopic (exact) mass is 283 g/mol. The van der Waals surface area contributed by atoms with Crippen LogP contribution in [0.1, 0.15) is 5.56 Å². The van der Waals surface area contributed by atoms with E-state index in [0.717, 1.165) is 15.2 Å². The first kappa shape index (κ1) is 12.9. The second-order valence-corrected chi connectivity index (χ2v) is 6.67. The van der Waals surface area contributed by atoms with Gasteiger partial charge in [-0.3, -0.25) is 0 Å². The van der Waals surface area contributed by atoms with E-state index in [0.29, 0.717) is 0 Å². The molecular formula is C11H13N3S3. The molecule has 0 bridgehead atoms. The lowest BCUT2D eigenvalue weighted by Gasteiger charge is -2.01. The van der Waals surface area contributed by atoms with E-state index in [1.54, 1.807) is 34.9 Å². The van der Waals surface area contributed by atoms with E-state index in [1.807, 2.05) is 13.3 Å². The van der Waals surface area contributed by atoms with E-state index in [4.69, 9.17) is 0 Å². The predicted molar refractivity (Wildman–Crippen MR) is 75.0 cm³/mol. The van der Waals surface area contributed by atoms with Crippen molar-refractivity contribution in [3.8, 4) is 0 Å². The zero-order valence-corrected chi connectivity index (χ0v) is 12.1. The molecule has 2 aromatic rings. The fourth-order valence-electron chi connectivity index (χ4n) is 1.30. The molecule has 1 heterocycles. The van der Waals surface area contributed by atoms with Crippen molar-refractivity contribution in [3.63, 3.8) is 0 Å². The topological polar surface area (TPSA) is 37.8 Å². The first-order chi connectivity index (χ1) is 8.31. The van der Waals surface area contributed by atoms with Crippen molar-refractivity contribution >= 4 is 34.9 Å². The van der Waals surface area contributed by atoms with Crippen LogP contribution in [0.2, 0.25) is 0 Å². The second-order valence-electron chi connectivity index (χ2n) is 3.31. The Morgan fingerprint density at radius 3 is 2.47 bits per heavy atom. The molecule has 1 N–H and O–H groups in total. The van der Waals surface area contributed by atoms with Crippen LogP contribution >= 0.6 is 34.9 Å². The number of nitrogens with one attached hydrogen (secondary N) is 1. The smallest absolute Gasteiger partial charge is 0.179 e. The Balaban J connectivity index is 2.03. The van der Waals surface area contributed by atoms with Gasteiger partial charge in [0, 0.05) is 11.4 Å². The van der Waals surface area contributed by atoms with Crippen LogP contribution in [0.4, 0.5) is 0 Å². The number of nitrogens with zero attached hydrogens (tertiary/aromatic N) is 2. The summed E-state index contributed by atoms with van der Waals surface area (Å²) in [5.41, 5.74) is 1.29. The molecule has 2 rings (SSSR count). The van der Waals surface area contributed by atoms with Crippen molar-refractivity contribution in [1.29, 1.82) is 0 Å². The number of hydrogen-bond acceptors (Lipinski definition) is 6. The van der Waals surface area contributed by atoms with E-state index < -0.39 is 0 Å². The van der Waals surface area contributed by atoms with E-state index >= 15 is 0 Å². The standard InChI is InChI=1S/C11H13N3S3/c1-12-7-8-3-5-9(6-4-8)16-11-14-13-10(15-2)17-11/h3-6,12H,7H2,1-2H3. The third-order valence-electron chi connectivity index (χ3n) is 2.07. The average molecular weight is 283 g/mol. The molecule has 1 aromatic heterocycles. The Bertz CT molecular complexity index is 467. The first-order valence-corrected chi connectivity index (χ1v) is 7.96. The minimum Gasteiger partial charge on any atom is -0.316 e. The molecular weight excluding hydrogens is 270 g/mol. The van der Waals surface area contributed by atoms with E-state index in [2.05, 4.69) is 39.8 Å². The largest absolute Gasteiger partial charge is 0.316 e. The van der Waals surface area contributed by atoms with Crippen LogP contribution in [-0.4, -0.2) is 23.5 Å². The molecule has 17 heavy (non-hydrogen) atoms. The number of aromatic nitrogens is 2. The summed E-state index contributed by atoms with van der Waals surface area (Å²) < 4.78 is 2.01. The second kappa shape index (κ2) is 6.39. The molecule has 0 aliphatic rings. The van der Waals surface area contributed by atoms with Gasteiger partial charge in [-0.1, -0.05) is 47.0 Å². The van der Waals surface area contributed by atoms with Gasteiger partial charge in [0.25, 0.3) is 0 Å². The molecule has 1 aromatic carbocycles. The summed E-state index contributed by atoms with van der Waals surface area (Å²) in [6, 6.07) is 8.51. The van der Waals surface area contributed by atoms with Crippen LogP contribution in [0.15, 0.2) is 37.8 Å². The molecule has 0 saturated heterocycles. The van der Waals surface area contributed by atoms with E-state index in [-0.39, 0.29) is 0 Å². The molecule has 0 aliphatic heterocycles. The van der Waals surface area contributed by atoms with Crippen LogP contribution < -0.4 is 5.32 Å². The summed E-state index contributed by atoms with van der Waals surface area (Å²) in [5, 5.41) is 11.4. The fourth-order valence-corrected chi connectivity index (χ4v) is 3.71. The van der Waals surface area contributed by atoms with Gasteiger partial charge >= 0.3 is 0 Å². The molecule has 0 aliphatic carbocycles. The molecule has 0 saturated carbocycles. The summed E-state index contributed by atoms with van der Waals surface area (Å²) in [6.07, 6.45) is 2.02. The van der Waals surface area contributed by atoms with Gasteiger partial charge in [0.05, 0.1) is 0 Å². The molecule has 0 unspecified atom stereocenters. The minimum absolute atomic E-state index is 0.903. The lowest BCUT2D eigenvalue weighted by Crippen LogP contribution is -2.04. The van der Waals surface area contributed by atoms with Crippen LogP contribution in [0.5, 0.6) is 0 Å². The van der Waals surface area contributed by atoms with Crippen molar-refractivity contribution < 1.29 is 0 Å². The molecule has 6 heteroatoms. The third kappa shape index (κ3) is 3.70. The minimum atomic E-state index is 0.903. The van der Waals surface area contributed by atoms with Crippen LogP contribution in [-0.2, 0) is 6.54 Å². The van der Waals surface area contributed by atoms with Crippen molar-refractivity contribution in [2.75, 3.05) is 13.3 Å². The lowest BCUT2D eigenvalue weighted by molar-refractivity contribution is 0.817. The molecule has 0 spiro atoms. The van der Waals surface area contributed by atoms with Crippen molar-refractivity contribution in [2.24, 2.45) is 0 Å². The Kier molecular flexibility index (Phi) is 4.85. The van der Waals surface area contributed by atoms with Crippen LogP contribution in [0.3, 0.4) is 0 Å². The van der Waals surface area contributed by atoms with Crippen LogP contribution in [0.25, 0.3) is 0 Å². The van der Waals surface area contributed by atoms with Crippen molar-refractivity contribution in [3.05, 3.63) is 29.8 Å². The summed E-state index contributed by atoms with van der Waals surface area (Å²) in [4.78, 5) is 1.20. The third-order valence-corrected chi connectivity index (χ3v) is 5.03. The quantitative estimate of drug-likeness (QED) is 0.853. The van der Waals surface area contributed by atoms with Crippen molar-refractivity contribution in [1.82, 2.24) is 15.5 Å². The molecule has 0 radical (unpaired) electrons. The number of benzene rings is 1. The molecule has 90 valence electrons. The van der Waals surface area contributed by atoms with Crippen LogP contribution in [0, 0.1) is 0 Å². The Morgan fingerprint density at radius 2 is 1.88 bits per heavy atom. The highest BCUT2D eigenvalue weighted by Gasteiger charge is 2.04. The predicted octanol–water partition coefficient (Wildman–Crippen LogP) is 3.13. The van der Waals surface area contributed by atoms with Gasteiger partial charge in [-0.05, 0) is 31.0 Å². The zero-order chi connectivity index (χ0) is 12.1. The zero-order valence-electron chi connectivity index (χ0n) is 9.64. The highest BCUT2D eigenvalue weighted by Crippen LogP contribution is 2.32. The molecule has 0 amide bonds. The molecule has 0 atom stereocenters. The first-order valence-electron chi connectivity index (χ1n) is 5.10. The number of rotatable bonds is 5. The fraction of sp³-hybridized carbons (Fsp3) is 0.273.